The van der Waals surface area contributed by atoms with Gasteiger partial charge in [-0.05, 0) is 44.5 Å². The van der Waals surface area contributed by atoms with Gasteiger partial charge in [-0.3, -0.25) is 9.59 Å². The van der Waals surface area contributed by atoms with Crippen molar-refractivity contribution in [2.24, 2.45) is 0 Å². The van der Waals surface area contributed by atoms with Gasteiger partial charge in [0.1, 0.15) is 13.2 Å². The Labute approximate surface area is 146 Å². The Morgan fingerprint density at radius 2 is 1.96 bits per heavy atom. The summed E-state index contributed by atoms with van der Waals surface area (Å²) in [5, 5.41) is 5.72. The maximum Gasteiger partial charge on any atom is 0.244 e. The topological polar surface area (TPSA) is 76.7 Å². The van der Waals surface area contributed by atoms with Crippen molar-refractivity contribution in [1.82, 2.24) is 10.6 Å². The van der Waals surface area contributed by atoms with Crippen LogP contribution < -0.4 is 20.1 Å². The number of rotatable bonds is 4. The smallest absolute Gasteiger partial charge is 0.244 e. The van der Waals surface area contributed by atoms with Gasteiger partial charge in [0.2, 0.25) is 11.8 Å². The number of halogens is 1. The lowest BCUT2D eigenvalue weighted by Crippen LogP contribution is -2.45. The van der Waals surface area contributed by atoms with E-state index in [1.807, 2.05) is 20.8 Å². The van der Waals surface area contributed by atoms with Gasteiger partial charge in [-0.2, -0.15) is 0 Å². The normalized spacial score (nSPS) is 13.7. The summed E-state index contributed by atoms with van der Waals surface area (Å²) in [5.41, 5.74) is 0.373. The summed E-state index contributed by atoms with van der Waals surface area (Å²) in [6, 6.07) is 3.43. The molecule has 7 heteroatoms. The molecule has 2 rings (SSSR count). The van der Waals surface area contributed by atoms with E-state index in [4.69, 9.17) is 21.1 Å². The second kappa shape index (κ2) is 7.57. The van der Waals surface area contributed by atoms with Crippen LogP contribution in [0, 0.1) is 0 Å². The van der Waals surface area contributed by atoms with Crippen LogP contribution >= 0.6 is 11.6 Å². The fourth-order valence-electron chi connectivity index (χ4n) is 2.09. The van der Waals surface area contributed by atoms with Crippen molar-refractivity contribution in [3.05, 3.63) is 28.8 Å². The minimum atomic E-state index is -0.370. The predicted molar refractivity (Wildman–Crippen MR) is 92.4 cm³/mol. The van der Waals surface area contributed by atoms with Gasteiger partial charge in [-0.1, -0.05) is 11.6 Å². The van der Waals surface area contributed by atoms with Crippen LogP contribution in [0.25, 0.3) is 6.08 Å². The van der Waals surface area contributed by atoms with Crippen LogP contribution in [0.15, 0.2) is 18.2 Å². The minimum Gasteiger partial charge on any atom is -0.486 e. The zero-order valence-corrected chi connectivity index (χ0v) is 14.7. The maximum absolute atomic E-state index is 11.8. The Morgan fingerprint density at radius 1 is 1.25 bits per heavy atom. The van der Waals surface area contributed by atoms with Gasteiger partial charge in [0, 0.05) is 11.6 Å². The molecule has 1 aliphatic rings. The lowest BCUT2D eigenvalue weighted by Gasteiger charge is -2.20. The van der Waals surface area contributed by atoms with Gasteiger partial charge in [0.25, 0.3) is 0 Å². The van der Waals surface area contributed by atoms with Crippen LogP contribution in [0.5, 0.6) is 11.5 Å². The zero-order chi connectivity index (χ0) is 17.7. The quantitative estimate of drug-likeness (QED) is 0.814. The van der Waals surface area contributed by atoms with Crippen LogP contribution in [0.1, 0.15) is 26.3 Å². The summed E-state index contributed by atoms with van der Waals surface area (Å²) >= 11 is 6.13. The molecule has 0 atom stereocenters. The molecule has 0 radical (unpaired) electrons. The van der Waals surface area contributed by atoms with Crippen LogP contribution in [-0.2, 0) is 9.59 Å². The first-order valence-corrected chi connectivity index (χ1v) is 7.98. The highest BCUT2D eigenvalue weighted by molar-refractivity contribution is 6.32. The standard InChI is InChI=1S/C17H21ClN2O4/c1-17(2,3)20-15(22)10-19-14(21)5-4-11-8-12(18)16-13(9-11)23-6-7-24-16/h4-5,8-9H,6-7,10H2,1-3H3,(H,19,21)(H,20,22)/b5-4+. The molecule has 1 aliphatic heterocycles. The van der Waals surface area contributed by atoms with Crippen molar-refractivity contribution in [2.75, 3.05) is 19.8 Å². The van der Waals surface area contributed by atoms with Crippen molar-refractivity contribution in [3.8, 4) is 11.5 Å². The molecule has 2 amide bonds. The first-order chi connectivity index (χ1) is 11.2. The van der Waals surface area contributed by atoms with Gasteiger partial charge >= 0.3 is 0 Å². The Morgan fingerprint density at radius 3 is 2.67 bits per heavy atom. The molecule has 0 unspecified atom stereocenters. The van der Waals surface area contributed by atoms with Crippen LogP contribution in [0.3, 0.4) is 0 Å². The van der Waals surface area contributed by atoms with Gasteiger partial charge in [-0.25, -0.2) is 0 Å². The fraction of sp³-hybridized carbons (Fsp3) is 0.412. The largest absolute Gasteiger partial charge is 0.486 e. The fourth-order valence-corrected chi connectivity index (χ4v) is 2.36. The van der Waals surface area contributed by atoms with Gasteiger partial charge in [0.15, 0.2) is 11.5 Å². The molecule has 6 nitrogen and oxygen atoms in total. The summed E-state index contributed by atoms with van der Waals surface area (Å²) in [7, 11) is 0. The molecule has 2 N–H and O–H groups in total. The Bertz CT molecular complexity index is 665. The SMILES string of the molecule is CC(C)(C)NC(=O)CNC(=O)/C=C/c1cc(Cl)c2c(c1)OCCO2. The Balaban J connectivity index is 1.92. The van der Waals surface area contributed by atoms with Crippen molar-refractivity contribution in [3.63, 3.8) is 0 Å². The molecule has 0 spiro atoms. The highest BCUT2D eigenvalue weighted by atomic mass is 35.5. The number of benzene rings is 1. The molecule has 0 saturated carbocycles. The van der Waals surface area contributed by atoms with E-state index in [1.165, 1.54) is 6.08 Å². The molecule has 0 bridgehead atoms. The monoisotopic (exact) mass is 352 g/mol. The van der Waals surface area contributed by atoms with E-state index in [1.54, 1.807) is 18.2 Å². The third-order valence-electron chi connectivity index (χ3n) is 2.98. The number of amides is 2. The highest BCUT2D eigenvalue weighted by Crippen LogP contribution is 2.38. The predicted octanol–water partition coefficient (Wildman–Crippen LogP) is 2.16. The minimum absolute atomic E-state index is 0.0810. The van der Waals surface area contributed by atoms with E-state index < -0.39 is 0 Å². The summed E-state index contributed by atoms with van der Waals surface area (Å²) in [4.78, 5) is 23.4. The molecular formula is C17H21ClN2O4. The van der Waals surface area contributed by atoms with Crippen LogP contribution in [0.2, 0.25) is 5.02 Å². The van der Waals surface area contributed by atoms with Crippen molar-refractivity contribution in [1.29, 1.82) is 0 Å². The second-order valence-corrected chi connectivity index (χ2v) is 6.78. The molecule has 0 aliphatic carbocycles. The first-order valence-electron chi connectivity index (χ1n) is 7.61. The number of carbonyl (C=O) groups is 2. The molecule has 0 aromatic heterocycles. The number of hydrogen-bond acceptors (Lipinski definition) is 4. The lowest BCUT2D eigenvalue weighted by molar-refractivity contribution is -0.124. The van der Waals surface area contributed by atoms with E-state index in [2.05, 4.69) is 10.6 Å². The van der Waals surface area contributed by atoms with Crippen LogP contribution in [-0.4, -0.2) is 37.1 Å². The molecule has 0 fully saturated rings. The van der Waals surface area contributed by atoms with Crippen molar-refractivity contribution >= 4 is 29.5 Å². The van der Waals surface area contributed by atoms with Crippen LogP contribution in [0.4, 0.5) is 0 Å². The Hall–Kier alpha value is -2.21. The third-order valence-corrected chi connectivity index (χ3v) is 3.26. The van der Waals surface area contributed by atoms with E-state index in [0.717, 1.165) is 0 Å². The molecule has 1 aromatic carbocycles. The van der Waals surface area contributed by atoms with E-state index in [9.17, 15) is 9.59 Å². The number of carbonyl (C=O) groups excluding carboxylic acids is 2. The molecular weight excluding hydrogens is 332 g/mol. The maximum atomic E-state index is 11.8. The zero-order valence-electron chi connectivity index (χ0n) is 13.9. The second-order valence-electron chi connectivity index (χ2n) is 6.38. The Kier molecular flexibility index (Phi) is 5.72. The van der Waals surface area contributed by atoms with Gasteiger partial charge in [-0.15, -0.1) is 0 Å². The van der Waals surface area contributed by atoms with E-state index >= 15 is 0 Å². The molecule has 1 aromatic rings. The number of ether oxygens (including phenoxy) is 2. The highest BCUT2D eigenvalue weighted by Gasteiger charge is 2.16. The van der Waals surface area contributed by atoms with E-state index in [-0.39, 0.29) is 23.9 Å². The number of nitrogens with one attached hydrogen (secondary N) is 2. The average molecular weight is 353 g/mol. The summed E-state index contributed by atoms with van der Waals surface area (Å²) < 4.78 is 10.9. The van der Waals surface area contributed by atoms with Gasteiger partial charge < -0.3 is 20.1 Å². The van der Waals surface area contributed by atoms with Crippen molar-refractivity contribution < 1.29 is 19.1 Å². The molecule has 24 heavy (non-hydrogen) atoms. The summed E-state index contributed by atoms with van der Waals surface area (Å²) in [6.45, 7) is 6.46. The van der Waals surface area contributed by atoms with Gasteiger partial charge in [0.05, 0.1) is 11.6 Å². The average Bonchev–Trinajstić information content (AvgIpc) is 2.49. The first kappa shape index (κ1) is 18.1. The summed E-state index contributed by atoms with van der Waals surface area (Å²) in [5.74, 6) is 0.457. The third kappa shape index (κ3) is 5.45. The summed E-state index contributed by atoms with van der Waals surface area (Å²) in [6.07, 6.45) is 2.94. The lowest BCUT2D eigenvalue weighted by atomic mass is 10.1. The van der Waals surface area contributed by atoms with E-state index in [0.29, 0.717) is 35.3 Å². The number of fused-ring (bicyclic) bond motifs is 1. The molecule has 1 heterocycles. The number of hydrogen-bond donors (Lipinski definition) is 2. The van der Waals surface area contributed by atoms with Crippen molar-refractivity contribution in [2.45, 2.75) is 26.3 Å². The molecule has 0 saturated heterocycles. The molecule has 130 valence electrons.